The third-order valence-electron chi connectivity index (χ3n) is 3.83. The van der Waals surface area contributed by atoms with Gasteiger partial charge in [-0.15, -0.1) is 0 Å². The van der Waals surface area contributed by atoms with E-state index in [2.05, 4.69) is 10.6 Å². The van der Waals surface area contributed by atoms with Crippen LogP contribution in [0.15, 0.2) is 0 Å². The van der Waals surface area contributed by atoms with Gasteiger partial charge in [-0.2, -0.15) is 0 Å². The Hall–Kier alpha value is -1.10. The Morgan fingerprint density at radius 3 is 2.47 bits per heavy atom. The van der Waals surface area contributed by atoms with Crippen LogP contribution in [0.1, 0.15) is 46.0 Å². The molecule has 3 N–H and O–H groups in total. The molecule has 0 saturated carbocycles. The van der Waals surface area contributed by atoms with Crippen molar-refractivity contribution in [1.82, 2.24) is 10.6 Å². The fourth-order valence-corrected chi connectivity index (χ4v) is 2.32. The largest absolute Gasteiger partial charge is 0.481 e. The summed E-state index contributed by atoms with van der Waals surface area (Å²) < 4.78 is 0. The molecule has 1 rings (SSSR count). The second-order valence-electron chi connectivity index (χ2n) is 6.12. The number of carboxylic acids is 1. The van der Waals surface area contributed by atoms with Crippen LogP contribution in [0.25, 0.3) is 0 Å². The van der Waals surface area contributed by atoms with Gasteiger partial charge in [0.15, 0.2) is 0 Å². The van der Waals surface area contributed by atoms with Gasteiger partial charge in [0.25, 0.3) is 0 Å². The van der Waals surface area contributed by atoms with Crippen LogP contribution in [-0.4, -0.2) is 36.6 Å². The molecule has 0 aromatic rings. The van der Waals surface area contributed by atoms with Gasteiger partial charge in [0.05, 0.1) is 0 Å². The van der Waals surface area contributed by atoms with E-state index in [1.165, 1.54) is 0 Å². The summed E-state index contributed by atoms with van der Waals surface area (Å²) in [5.41, 5.74) is -0.0419. The van der Waals surface area contributed by atoms with Crippen LogP contribution in [0.3, 0.4) is 0 Å². The number of carboxylic acid groups (broad SMARTS) is 1. The second kappa shape index (κ2) is 7.48. The minimum atomic E-state index is -0.758. The molecule has 0 unspecified atom stereocenters. The Bertz CT molecular complexity index is 310. The molecule has 1 aliphatic rings. The van der Waals surface area contributed by atoms with E-state index in [0.717, 1.165) is 32.4 Å². The predicted octanol–water partition coefficient (Wildman–Crippen LogP) is 1.38. The Kier molecular flexibility index (Phi) is 6.28. The van der Waals surface area contributed by atoms with Gasteiger partial charge in [0.2, 0.25) is 5.91 Å². The summed E-state index contributed by atoms with van der Waals surface area (Å²) in [7, 11) is 0. The first-order valence-electron chi connectivity index (χ1n) is 7.11. The maximum atomic E-state index is 11.9. The van der Waals surface area contributed by atoms with Gasteiger partial charge in [-0.3, -0.25) is 9.59 Å². The number of carbonyl (C=O) groups is 2. The van der Waals surface area contributed by atoms with Crippen molar-refractivity contribution in [3.8, 4) is 0 Å². The molecule has 5 heteroatoms. The highest BCUT2D eigenvalue weighted by Crippen LogP contribution is 2.26. The second-order valence-corrected chi connectivity index (χ2v) is 6.12. The average molecular weight is 270 g/mol. The lowest BCUT2D eigenvalue weighted by Crippen LogP contribution is -2.39. The number of hydrogen-bond donors (Lipinski definition) is 3. The number of carbonyl (C=O) groups excluding carboxylic acids is 1. The van der Waals surface area contributed by atoms with Crippen LogP contribution in [0.5, 0.6) is 0 Å². The van der Waals surface area contributed by atoms with E-state index in [9.17, 15) is 9.59 Å². The van der Waals surface area contributed by atoms with Crippen LogP contribution >= 0.6 is 0 Å². The Labute approximate surface area is 115 Å². The van der Waals surface area contributed by atoms with E-state index in [1.807, 2.05) is 13.8 Å². The fourth-order valence-electron chi connectivity index (χ4n) is 2.32. The summed E-state index contributed by atoms with van der Waals surface area (Å²) in [6.07, 6.45) is 3.47. The van der Waals surface area contributed by atoms with Gasteiger partial charge in [-0.25, -0.2) is 0 Å². The van der Waals surface area contributed by atoms with Crippen molar-refractivity contribution in [3.63, 3.8) is 0 Å². The summed E-state index contributed by atoms with van der Waals surface area (Å²) in [5.74, 6) is -0.467. The molecule has 0 aromatic carbocycles. The normalized spacial score (nSPS) is 17.2. The molecule has 19 heavy (non-hydrogen) atoms. The zero-order valence-electron chi connectivity index (χ0n) is 12.0. The molecule has 0 bridgehead atoms. The highest BCUT2D eigenvalue weighted by molar-refractivity contribution is 5.78. The van der Waals surface area contributed by atoms with E-state index in [4.69, 9.17) is 5.11 Å². The van der Waals surface area contributed by atoms with Gasteiger partial charge in [-0.1, -0.05) is 13.8 Å². The first kappa shape index (κ1) is 16.0. The smallest absolute Gasteiger partial charge is 0.303 e. The lowest BCUT2D eigenvalue weighted by atomic mass is 9.84. The maximum Gasteiger partial charge on any atom is 0.303 e. The van der Waals surface area contributed by atoms with Crippen LogP contribution < -0.4 is 10.6 Å². The van der Waals surface area contributed by atoms with E-state index >= 15 is 0 Å². The average Bonchev–Trinajstić information content (AvgIpc) is 2.37. The van der Waals surface area contributed by atoms with Crippen molar-refractivity contribution in [2.75, 3.05) is 19.6 Å². The molecule has 1 heterocycles. The quantitative estimate of drug-likeness (QED) is 0.653. The first-order chi connectivity index (χ1) is 8.91. The molecule has 0 atom stereocenters. The van der Waals surface area contributed by atoms with Crippen molar-refractivity contribution in [2.24, 2.45) is 11.3 Å². The lowest BCUT2D eigenvalue weighted by molar-refractivity contribution is -0.137. The molecular formula is C14H26N2O3. The van der Waals surface area contributed by atoms with Gasteiger partial charge in [0.1, 0.15) is 0 Å². The maximum absolute atomic E-state index is 11.9. The molecule has 110 valence electrons. The van der Waals surface area contributed by atoms with Crippen LogP contribution in [0.4, 0.5) is 0 Å². The van der Waals surface area contributed by atoms with Crippen molar-refractivity contribution in [2.45, 2.75) is 46.0 Å². The minimum absolute atomic E-state index is 0.0419. The summed E-state index contributed by atoms with van der Waals surface area (Å²) in [5, 5.41) is 14.9. The number of piperidine rings is 1. The van der Waals surface area contributed by atoms with E-state index in [-0.39, 0.29) is 23.7 Å². The van der Waals surface area contributed by atoms with Gasteiger partial charge >= 0.3 is 5.97 Å². The summed E-state index contributed by atoms with van der Waals surface area (Å²) >= 11 is 0. The molecule has 0 aliphatic carbocycles. The summed E-state index contributed by atoms with van der Waals surface area (Å²) in [4.78, 5) is 22.5. The standard InChI is InChI=1S/C14H26N2O3/c1-14(2,6-3-12(17)18)7-10-16-13(19)11-4-8-15-9-5-11/h11,15H,3-10H2,1-2H3,(H,16,19)(H,17,18). The Morgan fingerprint density at radius 1 is 1.26 bits per heavy atom. The number of rotatable bonds is 7. The summed E-state index contributed by atoms with van der Waals surface area (Å²) in [6.45, 7) is 6.57. The van der Waals surface area contributed by atoms with Crippen molar-refractivity contribution in [3.05, 3.63) is 0 Å². The molecule has 1 amide bonds. The fraction of sp³-hybridized carbons (Fsp3) is 0.857. The number of hydrogen-bond acceptors (Lipinski definition) is 3. The zero-order valence-corrected chi connectivity index (χ0v) is 12.0. The van der Waals surface area contributed by atoms with E-state index < -0.39 is 5.97 Å². The number of nitrogens with one attached hydrogen (secondary N) is 2. The summed E-state index contributed by atoms with van der Waals surface area (Å²) in [6, 6.07) is 0. The monoisotopic (exact) mass is 270 g/mol. The molecular weight excluding hydrogens is 244 g/mol. The molecule has 1 fully saturated rings. The highest BCUT2D eigenvalue weighted by atomic mass is 16.4. The van der Waals surface area contributed by atoms with E-state index in [1.54, 1.807) is 0 Å². The van der Waals surface area contributed by atoms with Crippen LogP contribution in [0.2, 0.25) is 0 Å². The third kappa shape index (κ3) is 6.57. The van der Waals surface area contributed by atoms with E-state index in [0.29, 0.717) is 13.0 Å². The number of amides is 1. The van der Waals surface area contributed by atoms with Crippen molar-refractivity contribution in [1.29, 1.82) is 0 Å². The third-order valence-corrected chi connectivity index (χ3v) is 3.83. The van der Waals surface area contributed by atoms with Gasteiger partial charge in [-0.05, 0) is 44.2 Å². The SMILES string of the molecule is CC(C)(CCNC(=O)C1CCNCC1)CCC(=O)O. The van der Waals surface area contributed by atoms with Gasteiger partial charge in [0, 0.05) is 18.9 Å². The van der Waals surface area contributed by atoms with Crippen molar-refractivity contribution < 1.29 is 14.7 Å². The van der Waals surface area contributed by atoms with Crippen molar-refractivity contribution >= 4 is 11.9 Å². The molecule has 0 spiro atoms. The Balaban J connectivity index is 2.20. The van der Waals surface area contributed by atoms with Crippen LogP contribution in [0, 0.1) is 11.3 Å². The minimum Gasteiger partial charge on any atom is -0.481 e. The van der Waals surface area contributed by atoms with Gasteiger partial charge < -0.3 is 15.7 Å². The predicted molar refractivity (Wildman–Crippen MR) is 73.9 cm³/mol. The molecule has 1 saturated heterocycles. The molecule has 0 radical (unpaired) electrons. The topological polar surface area (TPSA) is 78.4 Å². The highest BCUT2D eigenvalue weighted by Gasteiger charge is 2.22. The molecule has 5 nitrogen and oxygen atoms in total. The lowest BCUT2D eigenvalue weighted by Gasteiger charge is -2.25. The zero-order chi connectivity index (χ0) is 14.3. The molecule has 0 aromatic heterocycles. The van der Waals surface area contributed by atoms with Crippen LogP contribution in [-0.2, 0) is 9.59 Å². The first-order valence-corrected chi connectivity index (χ1v) is 7.11. The molecule has 1 aliphatic heterocycles. The Morgan fingerprint density at radius 2 is 1.89 bits per heavy atom. The number of aliphatic carboxylic acids is 1.